The van der Waals surface area contributed by atoms with Crippen LogP contribution in [0.5, 0.6) is 0 Å². The SMILES string of the molecule is Cn1cc(NC(=O)c2ccc3cnc(N[C@@H]4CCCC[C@@H]4O)nn23)c(C(F)F)n1. The van der Waals surface area contributed by atoms with Gasteiger partial charge in [0.1, 0.15) is 5.69 Å². The lowest BCUT2D eigenvalue weighted by Crippen LogP contribution is -2.37. The van der Waals surface area contributed by atoms with E-state index in [4.69, 9.17) is 0 Å². The van der Waals surface area contributed by atoms with E-state index >= 15 is 0 Å². The Balaban J connectivity index is 1.58. The van der Waals surface area contributed by atoms with Gasteiger partial charge in [0, 0.05) is 13.2 Å². The molecule has 1 saturated carbocycles. The van der Waals surface area contributed by atoms with Gasteiger partial charge in [-0.25, -0.2) is 18.3 Å². The summed E-state index contributed by atoms with van der Waals surface area (Å²) in [4.78, 5) is 16.9. The first-order valence-corrected chi connectivity index (χ1v) is 9.35. The number of carbonyl (C=O) groups is 1. The minimum absolute atomic E-state index is 0.0554. The summed E-state index contributed by atoms with van der Waals surface area (Å²) in [6, 6.07) is 3.04. The Hall–Kier alpha value is -3.08. The van der Waals surface area contributed by atoms with Crippen molar-refractivity contribution in [3.63, 3.8) is 0 Å². The van der Waals surface area contributed by atoms with Crippen LogP contribution in [0.4, 0.5) is 20.4 Å². The summed E-state index contributed by atoms with van der Waals surface area (Å²) in [5.74, 6) is -0.314. The quantitative estimate of drug-likeness (QED) is 0.601. The molecule has 0 unspecified atom stereocenters. The molecule has 0 aromatic carbocycles. The number of rotatable bonds is 5. The normalized spacial score (nSPS) is 19.6. The summed E-state index contributed by atoms with van der Waals surface area (Å²) < 4.78 is 28.8. The molecule has 3 heterocycles. The van der Waals surface area contributed by atoms with E-state index in [2.05, 4.69) is 25.8 Å². The average Bonchev–Trinajstić information content (AvgIpc) is 3.26. The Morgan fingerprint density at radius 1 is 1.28 bits per heavy atom. The van der Waals surface area contributed by atoms with Crippen LogP contribution in [-0.2, 0) is 7.05 Å². The second kappa shape index (κ2) is 7.74. The van der Waals surface area contributed by atoms with E-state index in [1.165, 1.54) is 28.5 Å². The summed E-state index contributed by atoms with van der Waals surface area (Å²) >= 11 is 0. The number of amides is 1. The molecule has 2 atom stereocenters. The predicted molar refractivity (Wildman–Crippen MR) is 101 cm³/mol. The molecule has 1 aliphatic rings. The van der Waals surface area contributed by atoms with Gasteiger partial charge in [-0.1, -0.05) is 12.8 Å². The summed E-state index contributed by atoms with van der Waals surface area (Å²) in [7, 11) is 1.50. The van der Waals surface area contributed by atoms with Crippen LogP contribution in [0.1, 0.15) is 48.3 Å². The van der Waals surface area contributed by atoms with Crippen molar-refractivity contribution in [2.24, 2.45) is 7.05 Å². The van der Waals surface area contributed by atoms with Gasteiger partial charge in [0.25, 0.3) is 12.3 Å². The van der Waals surface area contributed by atoms with Crippen molar-refractivity contribution in [2.75, 3.05) is 10.6 Å². The highest BCUT2D eigenvalue weighted by atomic mass is 19.3. The maximum absolute atomic E-state index is 13.1. The number of halogens is 2. The minimum Gasteiger partial charge on any atom is -0.391 e. The fraction of sp³-hybridized carbons (Fsp3) is 0.444. The van der Waals surface area contributed by atoms with Crippen LogP contribution in [0.3, 0.4) is 0 Å². The largest absolute Gasteiger partial charge is 0.391 e. The van der Waals surface area contributed by atoms with Crippen LogP contribution in [0.25, 0.3) is 5.52 Å². The zero-order chi connectivity index (χ0) is 20.5. The molecule has 0 saturated heterocycles. The van der Waals surface area contributed by atoms with Crippen LogP contribution in [0.15, 0.2) is 24.5 Å². The topological polar surface area (TPSA) is 109 Å². The Bertz CT molecular complexity index is 1030. The number of hydrogen-bond donors (Lipinski definition) is 3. The van der Waals surface area contributed by atoms with Crippen molar-refractivity contribution < 1.29 is 18.7 Å². The molecule has 0 radical (unpaired) electrons. The fourth-order valence-corrected chi connectivity index (χ4v) is 3.53. The number of hydrogen-bond acceptors (Lipinski definition) is 6. The smallest absolute Gasteiger partial charge is 0.284 e. The van der Waals surface area contributed by atoms with E-state index in [1.54, 1.807) is 12.3 Å². The second-order valence-electron chi connectivity index (χ2n) is 7.10. The van der Waals surface area contributed by atoms with Gasteiger partial charge in [-0.3, -0.25) is 9.48 Å². The van der Waals surface area contributed by atoms with E-state index in [-0.39, 0.29) is 23.4 Å². The molecule has 0 spiro atoms. The number of anilines is 2. The van der Waals surface area contributed by atoms with Crippen molar-refractivity contribution in [2.45, 2.75) is 44.3 Å². The van der Waals surface area contributed by atoms with Crippen molar-refractivity contribution in [1.29, 1.82) is 0 Å². The van der Waals surface area contributed by atoms with Gasteiger partial charge in [-0.05, 0) is 25.0 Å². The number of aliphatic hydroxyl groups excluding tert-OH is 1. The molecule has 0 aliphatic heterocycles. The summed E-state index contributed by atoms with van der Waals surface area (Å²) in [6.07, 6.45) is 3.09. The van der Waals surface area contributed by atoms with Gasteiger partial charge in [0.15, 0.2) is 5.69 Å². The molecule has 1 amide bonds. The third-order valence-corrected chi connectivity index (χ3v) is 4.99. The third-order valence-electron chi connectivity index (χ3n) is 4.99. The van der Waals surface area contributed by atoms with Crippen molar-refractivity contribution in [3.05, 3.63) is 35.9 Å². The first-order valence-electron chi connectivity index (χ1n) is 9.35. The monoisotopic (exact) mass is 405 g/mol. The average molecular weight is 405 g/mol. The van der Waals surface area contributed by atoms with Gasteiger partial charge in [0.05, 0.1) is 29.5 Å². The zero-order valence-corrected chi connectivity index (χ0v) is 15.7. The molecule has 1 aliphatic carbocycles. The molecule has 3 aromatic rings. The second-order valence-corrected chi connectivity index (χ2v) is 7.10. The number of alkyl halides is 2. The molecule has 0 bridgehead atoms. The van der Waals surface area contributed by atoms with Gasteiger partial charge < -0.3 is 15.7 Å². The summed E-state index contributed by atoms with van der Waals surface area (Å²) in [5, 5.41) is 23.7. The number of carbonyl (C=O) groups excluding carboxylic acids is 1. The summed E-state index contributed by atoms with van der Waals surface area (Å²) in [5.41, 5.74) is 0.189. The first-order chi connectivity index (χ1) is 13.9. The van der Waals surface area contributed by atoms with E-state index in [1.807, 2.05) is 0 Å². The lowest BCUT2D eigenvalue weighted by atomic mass is 9.93. The molecule has 3 aromatic heterocycles. The standard InChI is InChI=1S/C18H21F2N7O2/c1-26-9-12(15(24-26)16(19)20)22-17(29)13-7-6-10-8-21-18(25-27(10)13)23-11-4-2-3-5-14(11)28/h6-9,11,14,16,28H,2-5H2,1H3,(H,22,29)(H,23,25)/t11-,14+/m1/s1. The van der Waals surface area contributed by atoms with Crippen molar-refractivity contribution in [3.8, 4) is 0 Å². The minimum atomic E-state index is -2.81. The van der Waals surface area contributed by atoms with Crippen LogP contribution in [0, 0.1) is 0 Å². The van der Waals surface area contributed by atoms with E-state index in [9.17, 15) is 18.7 Å². The molecule has 29 heavy (non-hydrogen) atoms. The van der Waals surface area contributed by atoms with E-state index in [0.717, 1.165) is 19.3 Å². The third kappa shape index (κ3) is 3.90. The highest BCUT2D eigenvalue weighted by Crippen LogP contribution is 2.26. The number of aryl methyl sites for hydroxylation is 1. The van der Waals surface area contributed by atoms with Crippen LogP contribution < -0.4 is 10.6 Å². The van der Waals surface area contributed by atoms with Crippen molar-refractivity contribution >= 4 is 23.1 Å². The Labute approximate surface area is 164 Å². The maximum atomic E-state index is 13.1. The highest BCUT2D eigenvalue weighted by molar-refractivity contribution is 6.04. The van der Waals surface area contributed by atoms with Crippen LogP contribution >= 0.6 is 0 Å². The molecular formula is C18H21F2N7O2. The van der Waals surface area contributed by atoms with Gasteiger partial charge >= 0.3 is 0 Å². The molecule has 9 nitrogen and oxygen atoms in total. The Kier molecular flexibility index (Phi) is 5.14. The molecule has 4 rings (SSSR count). The number of aliphatic hydroxyl groups is 1. The Morgan fingerprint density at radius 2 is 2.07 bits per heavy atom. The Morgan fingerprint density at radius 3 is 2.83 bits per heavy atom. The molecule has 1 fully saturated rings. The van der Waals surface area contributed by atoms with E-state index < -0.39 is 24.1 Å². The van der Waals surface area contributed by atoms with Gasteiger partial charge in [-0.15, -0.1) is 5.10 Å². The highest BCUT2D eigenvalue weighted by Gasteiger charge is 2.24. The predicted octanol–water partition coefficient (Wildman–Crippen LogP) is 2.37. The van der Waals surface area contributed by atoms with Crippen LogP contribution in [-0.4, -0.2) is 47.5 Å². The molecular weight excluding hydrogens is 384 g/mol. The van der Waals surface area contributed by atoms with Gasteiger partial charge in [-0.2, -0.15) is 5.10 Å². The number of aromatic nitrogens is 5. The van der Waals surface area contributed by atoms with Crippen LogP contribution in [0.2, 0.25) is 0 Å². The van der Waals surface area contributed by atoms with E-state index in [0.29, 0.717) is 11.9 Å². The molecule has 3 N–H and O–H groups in total. The maximum Gasteiger partial charge on any atom is 0.284 e. The zero-order valence-electron chi connectivity index (χ0n) is 15.7. The summed E-state index contributed by atoms with van der Waals surface area (Å²) in [6.45, 7) is 0. The number of fused-ring (bicyclic) bond motifs is 1. The number of nitrogens with zero attached hydrogens (tertiary/aromatic N) is 5. The first kappa shape index (κ1) is 19.2. The fourth-order valence-electron chi connectivity index (χ4n) is 3.53. The van der Waals surface area contributed by atoms with Gasteiger partial charge in [0.2, 0.25) is 5.95 Å². The lowest BCUT2D eigenvalue weighted by Gasteiger charge is -2.28. The number of nitrogens with one attached hydrogen (secondary N) is 2. The van der Waals surface area contributed by atoms with Crippen molar-refractivity contribution in [1.82, 2.24) is 24.4 Å². The molecule has 11 heteroatoms. The molecule has 154 valence electrons. The lowest BCUT2D eigenvalue weighted by molar-refractivity contribution is 0.101.